The molecule has 0 spiro atoms. The Morgan fingerprint density at radius 1 is 1.33 bits per heavy atom. The summed E-state index contributed by atoms with van der Waals surface area (Å²) in [6.45, 7) is 0. The Balaban J connectivity index is 1.71. The molecule has 0 aliphatic carbocycles. The quantitative estimate of drug-likeness (QED) is 0.916. The third kappa shape index (κ3) is 3.10. The largest absolute Gasteiger partial charge is 0.316 e. The van der Waals surface area contributed by atoms with Crippen LogP contribution in [-0.4, -0.2) is 37.1 Å². The molecule has 3 unspecified atom stereocenters. The molecule has 2 fully saturated rings. The van der Waals surface area contributed by atoms with Gasteiger partial charge in [0.15, 0.2) is 0 Å². The second-order valence-electron chi connectivity index (χ2n) is 6.62. The Morgan fingerprint density at radius 3 is 2.57 bits per heavy atom. The molecular formula is C17H24ClFN2. The predicted molar refractivity (Wildman–Crippen MR) is 85.3 cm³/mol. The highest BCUT2D eigenvalue weighted by Gasteiger charge is 2.40. The second-order valence-corrected chi connectivity index (χ2v) is 7.02. The van der Waals surface area contributed by atoms with Gasteiger partial charge in [-0.1, -0.05) is 17.7 Å². The molecule has 116 valence electrons. The summed E-state index contributed by atoms with van der Waals surface area (Å²) in [7, 11) is 4.30. The predicted octanol–water partition coefficient (Wildman–Crippen LogP) is 3.48. The third-order valence-corrected chi connectivity index (χ3v) is 5.88. The molecule has 1 N–H and O–H groups in total. The number of rotatable bonds is 4. The van der Waals surface area contributed by atoms with E-state index in [9.17, 15) is 4.39 Å². The molecule has 1 aromatic carbocycles. The summed E-state index contributed by atoms with van der Waals surface area (Å²) in [6, 6.07) is 6.66. The molecule has 4 heteroatoms. The van der Waals surface area contributed by atoms with Crippen LogP contribution >= 0.6 is 11.6 Å². The molecule has 3 rings (SSSR count). The van der Waals surface area contributed by atoms with Crippen LogP contribution in [0.25, 0.3) is 0 Å². The molecule has 2 aliphatic rings. The van der Waals surface area contributed by atoms with Gasteiger partial charge in [-0.2, -0.15) is 0 Å². The zero-order valence-electron chi connectivity index (χ0n) is 12.8. The molecule has 0 radical (unpaired) electrons. The smallest absolute Gasteiger partial charge is 0.124 e. The van der Waals surface area contributed by atoms with Crippen LogP contribution in [0.1, 0.15) is 31.2 Å². The SMILES string of the molecule is CNC(Cc1ccc(F)cc1Cl)C1CC2CCC(C1)N2C. The van der Waals surface area contributed by atoms with Gasteiger partial charge in [-0.05, 0) is 69.8 Å². The fourth-order valence-corrected chi connectivity index (χ4v) is 4.46. The van der Waals surface area contributed by atoms with Crippen molar-refractivity contribution in [3.63, 3.8) is 0 Å². The van der Waals surface area contributed by atoms with E-state index in [-0.39, 0.29) is 5.82 Å². The summed E-state index contributed by atoms with van der Waals surface area (Å²) < 4.78 is 13.2. The lowest BCUT2D eigenvalue weighted by Crippen LogP contribution is -2.47. The van der Waals surface area contributed by atoms with Gasteiger partial charge in [-0.25, -0.2) is 4.39 Å². The molecule has 2 aliphatic heterocycles. The van der Waals surface area contributed by atoms with Gasteiger partial charge in [0.1, 0.15) is 5.82 Å². The number of nitrogens with one attached hydrogen (secondary N) is 1. The van der Waals surface area contributed by atoms with Crippen molar-refractivity contribution in [2.45, 2.75) is 50.2 Å². The van der Waals surface area contributed by atoms with Crippen molar-refractivity contribution in [2.24, 2.45) is 5.92 Å². The minimum absolute atomic E-state index is 0.262. The van der Waals surface area contributed by atoms with E-state index in [2.05, 4.69) is 17.3 Å². The zero-order valence-corrected chi connectivity index (χ0v) is 13.5. The van der Waals surface area contributed by atoms with E-state index < -0.39 is 0 Å². The highest BCUT2D eigenvalue weighted by Crippen LogP contribution is 2.39. The monoisotopic (exact) mass is 310 g/mol. The van der Waals surface area contributed by atoms with E-state index in [0.717, 1.165) is 24.1 Å². The maximum absolute atomic E-state index is 13.2. The van der Waals surface area contributed by atoms with Crippen molar-refractivity contribution in [3.05, 3.63) is 34.6 Å². The van der Waals surface area contributed by atoms with Gasteiger partial charge in [-0.15, -0.1) is 0 Å². The Labute approximate surface area is 131 Å². The Bertz CT molecular complexity index is 494. The number of benzene rings is 1. The summed E-state index contributed by atoms with van der Waals surface area (Å²) in [4.78, 5) is 2.56. The first-order valence-electron chi connectivity index (χ1n) is 7.91. The Kier molecular flexibility index (Phi) is 4.53. The third-order valence-electron chi connectivity index (χ3n) is 5.53. The number of likely N-dealkylation sites (N-methyl/N-ethyl adjacent to an activating group) is 1. The average Bonchev–Trinajstić information content (AvgIpc) is 2.68. The van der Waals surface area contributed by atoms with Crippen molar-refractivity contribution in [1.29, 1.82) is 0 Å². The minimum Gasteiger partial charge on any atom is -0.316 e. The highest BCUT2D eigenvalue weighted by molar-refractivity contribution is 6.31. The molecule has 21 heavy (non-hydrogen) atoms. The lowest BCUT2D eigenvalue weighted by Gasteiger charge is -2.40. The first-order valence-corrected chi connectivity index (χ1v) is 8.29. The summed E-state index contributed by atoms with van der Waals surface area (Å²) in [5, 5.41) is 4.02. The minimum atomic E-state index is -0.262. The molecule has 3 atom stereocenters. The van der Waals surface area contributed by atoms with Crippen LogP contribution in [-0.2, 0) is 6.42 Å². The average molecular weight is 311 g/mol. The Morgan fingerprint density at radius 2 is 2.00 bits per heavy atom. The maximum Gasteiger partial charge on any atom is 0.124 e. The lowest BCUT2D eigenvalue weighted by molar-refractivity contribution is 0.114. The van der Waals surface area contributed by atoms with Crippen LogP contribution in [0.5, 0.6) is 0 Å². The topological polar surface area (TPSA) is 15.3 Å². The maximum atomic E-state index is 13.2. The number of halogens is 2. The van der Waals surface area contributed by atoms with Gasteiger partial charge in [0.25, 0.3) is 0 Å². The lowest BCUT2D eigenvalue weighted by atomic mass is 9.82. The van der Waals surface area contributed by atoms with E-state index in [1.54, 1.807) is 0 Å². The number of hydrogen-bond donors (Lipinski definition) is 1. The molecule has 0 amide bonds. The number of fused-ring (bicyclic) bond motifs is 2. The zero-order chi connectivity index (χ0) is 15.0. The summed E-state index contributed by atoms with van der Waals surface area (Å²) >= 11 is 6.19. The summed E-state index contributed by atoms with van der Waals surface area (Å²) in [5.41, 5.74) is 1.05. The van der Waals surface area contributed by atoms with Crippen LogP contribution in [0.2, 0.25) is 5.02 Å². The fourth-order valence-electron chi connectivity index (χ4n) is 4.21. The summed E-state index contributed by atoms with van der Waals surface area (Å²) in [5.74, 6) is 0.423. The number of hydrogen-bond acceptors (Lipinski definition) is 2. The van der Waals surface area contributed by atoms with E-state index in [1.165, 1.54) is 37.8 Å². The Hall–Kier alpha value is -0.640. The molecule has 0 saturated carbocycles. The van der Waals surface area contributed by atoms with Crippen LogP contribution in [0, 0.1) is 11.7 Å². The van der Waals surface area contributed by atoms with Crippen molar-refractivity contribution < 1.29 is 4.39 Å². The van der Waals surface area contributed by atoms with E-state index in [0.29, 0.717) is 17.0 Å². The van der Waals surface area contributed by atoms with Gasteiger partial charge < -0.3 is 10.2 Å². The molecule has 2 heterocycles. The van der Waals surface area contributed by atoms with Gasteiger partial charge >= 0.3 is 0 Å². The van der Waals surface area contributed by atoms with Crippen LogP contribution < -0.4 is 5.32 Å². The normalized spacial score (nSPS) is 30.6. The van der Waals surface area contributed by atoms with E-state index in [4.69, 9.17) is 11.6 Å². The molecular weight excluding hydrogens is 287 g/mol. The standard InChI is InChI=1S/C17H24ClFN2/c1-20-17(9-11-3-4-13(19)10-16(11)18)12-7-14-5-6-15(8-12)21(14)2/h3-4,10,12,14-15,17,20H,5-9H2,1-2H3. The van der Waals surface area contributed by atoms with Gasteiger partial charge in [-0.3, -0.25) is 0 Å². The van der Waals surface area contributed by atoms with Gasteiger partial charge in [0.05, 0.1) is 0 Å². The van der Waals surface area contributed by atoms with Gasteiger partial charge in [0.2, 0.25) is 0 Å². The summed E-state index contributed by atoms with van der Waals surface area (Å²) in [6.07, 6.45) is 6.08. The van der Waals surface area contributed by atoms with E-state index >= 15 is 0 Å². The molecule has 0 aromatic heterocycles. The fraction of sp³-hybridized carbons (Fsp3) is 0.647. The number of nitrogens with zero attached hydrogens (tertiary/aromatic N) is 1. The van der Waals surface area contributed by atoms with Crippen LogP contribution in [0.3, 0.4) is 0 Å². The first-order chi connectivity index (χ1) is 10.1. The first kappa shape index (κ1) is 15.3. The molecule has 1 aromatic rings. The second kappa shape index (κ2) is 6.23. The van der Waals surface area contributed by atoms with Crippen molar-refractivity contribution in [2.75, 3.05) is 14.1 Å². The van der Waals surface area contributed by atoms with E-state index in [1.807, 2.05) is 13.1 Å². The number of piperidine rings is 1. The van der Waals surface area contributed by atoms with Crippen molar-refractivity contribution in [1.82, 2.24) is 10.2 Å². The van der Waals surface area contributed by atoms with Crippen molar-refractivity contribution >= 4 is 11.6 Å². The van der Waals surface area contributed by atoms with Crippen LogP contribution in [0.15, 0.2) is 18.2 Å². The highest BCUT2D eigenvalue weighted by atomic mass is 35.5. The molecule has 2 saturated heterocycles. The molecule has 2 nitrogen and oxygen atoms in total. The van der Waals surface area contributed by atoms with Gasteiger partial charge in [0, 0.05) is 23.1 Å². The van der Waals surface area contributed by atoms with Crippen LogP contribution in [0.4, 0.5) is 4.39 Å². The molecule has 2 bridgehead atoms. The van der Waals surface area contributed by atoms with Crippen molar-refractivity contribution in [3.8, 4) is 0 Å².